The predicted octanol–water partition coefficient (Wildman–Crippen LogP) is -1.40. The number of aromatic nitrogens is 2. The molecule has 1 rings (SSSR count). The van der Waals surface area contributed by atoms with Crippen LogP contribution in [-0.2, 0) is 16.1 Å². The molecule has 0 radical (unpaired) electrons. The number of hydrogen-bond acceptors (Lipinski definition) is 6. The lowest BCUT2D eigenvalue weighted by molar-refractivity contribution is -0.122. The van der Waals surface area contributed by atoms with Gasteiger partial charge in [-0.2, -0.15) is 0 Å². The van der Waals surface area contributed by atoms with Crippen molar-refractivity contribution in [3.8, 4) is 0 Å². The molecule has 0 spiro atoms. The highest BCUT2D eigenvalue weighted by atomic mass is 16.2. The van der Waals surface area contributed by atoms with Crippen molar-refractivity contribution in [2.75, 3.05) is 25.5 Å². The molecule has 19 heavy (non-hydrogen) atoms. The van der Waals surface area contributed by atoms with Crippen LogP contribution in [0.3, 0.4) is 0 Å². The van der Waals surface area contributed by atoms with Crippen LogP contribution in [0.4, 0.5) is 5.82 Å². The first-order valence-electron chi connectivity index (χ1n) is 5.72. The van der Waals surface area contributed by atoms with E-state index in [2.05, 4.69) is 15.3 Å². The monoisotopic (exact) mass is 266 g/mol. The molecule has 0 fully saturated rings. The standard InChI is InChI=1S/C11H18N6O2/c1-7-3-10(14-2)16-11(15-7)6-17(4-8(12)18)5-9(13)19/h3H,4-6H2,1-2H3,(H2,12,18)(H2,13,19)(H,14,15,16). The zero-order valence-corrected chi connectivity index (χ0v) is 11.0. The molecule has 0 aliphatic rings. The summed E-state index contributed by atoms with van der Waals surface area (Å²) in [7, 11) is 1.75. The van der Waals surface area contributed by atoms with Gasteiger partial charge in [0.2, 0.25) is 11.8 Å². The minimum Gasteiger partial charge on any atom is -0.373 e. The normalized spacial score (nSPS) is 10.5. The Labute approximate surface area is 111 Å². The van der Waals surface area contributed by atoms with Crippen molar-refractivity contribution >= 4 is 17.6 Å². The van der Waals surface area contributed by atoms with E-state index in [1.165, 1.54) is 4.90 Å². The Hall–Kier alpha value is -2.22. The molecule has 0 unspecified atom stereocenters. The molecule has 1 aromatic rings. The van der Waals surface area contributed by atoms with E-state index in [1.807, 2.05) is 6.92 Å². The van der Waals surface area contributed by atoms with E-state index >= 15 is 0 Å². The van der Waals surface area contributed by atoms with E-state index in [9.17, 15) is 9.59 Å². The fraction of sp³-hybridized carbons (Fsp3) is 0.455. The summed E-state index contributed by atoms with van der Waals surface area (Å²) < 4.78 is 0. The first kappa shape index (κ1) is 14.8. The van der Waals surface area contributed by atoms with E-state index in [-0.39, 0.29) is 19.6 Å². The molecule has 104 valence electrons. The molecule has 1 heterocycles. The first-order valence-corrected chi connectivity index (χ1v) is 5.72. The smallest absolute Gasteiger partial charge is 0.231 e. The number of aryl methyl sites for hydroxylation is 1. The quantitative estimate of drug-likeness (QED) is 0.557. The third-order valence-electron chi connectivity index (χ3n) is 2.28. The van der Waals surface area contributed by atoms with Crippen LogP contribution < -0.4 is 16.8 Å². The van der Waals surface area contributed by atoms with Gasteiger partial charge in [0, 0.05) is 18.8 Å². The van der Waals surface area contributed by atoms with E-state index in [0.717, 1.165) is 5.69 Å². The topological polar surface area (TPSA) is 127 Å². The third kappa shape index (κ3) is 5.30. The number of nitrogens with zero attached hydrogens (tertiary/aromatic N) is 3. The predicted molar refractivity (Wildman–Crippen MR) is 70.0 cm³/mol. The zero-order valence-electron chi connectivity index (χ0n) is 11.0. The van der Waals surface area contributed by atoms with Gasteiger partial charge in [0.15, 0.2) is 0 Å². The number of amides is 2. The number of carbonyl (C=O) groups is 2. The van der Waals surface area contributed by atoms with Crippen LogP contribution in [0, 0.1) is 6.92 Å². The summed E-state index contributed by atoms with van der Waals surface area (Å²) in [5, 5.41) is 2.91. The number of carbonyl (C=O) groups excluding carboxylic acids is 2. The van der Waals surface area contributed by atoms with E-state index in [1.54, 1.807) is 13.1 Å². The van der Waals surface area contributed by atoms with Crippen LogP contribution in [0.5, 0.6) is 0 Å². The third-order valence-corrected chi connectivity index (χ3v) is 2.28. The molecular weight excluding hydrogens is 248 g/mol. The molecule has 5 N–H and O–H groups in total. The van der Waals surface area contributed by atoms with Gasteiger partial charge in [0.25, 0.3) is 0 Å². The van der Waals surface area contributed by atoms with Gasteiger partial charge in [0.05, 0.1) is 19.6 Å². The molecule has 8 nitrogen and oxygen atoms in total. The maximum Gasteiger partial charge on any atom is 0.231 e. The van der Waals surface area contributed by atoms with Crippen molar-refractivity contribution in [3.63, 3.8) is 0 Å². The molecule has 0 aromatic carbocycles. The van der Waals surface area contributed by atoms with Gasteiger partial charge in [-0.3, -0.25) is 14.5 Å². The molecule has 1 aromatic heterocycles. The van der Waals surface area contributed by atoms with Gasteiger partial charge in [-0.1, -0.05) is 0 Å². The summed E-state index contributed by atoms with van der Waals surface area (Å²) in [5.74, 6) is 0.0814. The molecule has 2 amide bonds. The van der Waals surface area contributed by atoms with E-state index in [0.29, 0.717) is 11.6 Å². The minimum atomic E-state index is -0.539. The SMILES string of the molecule is CNc1cc(C)nc(CN(CC(N)=O)CC(N)=O)n1. The van der Waals surface area contributed by atoms with Crippen molar-refractivity contribution < 1.29 is 9.59 Å². The average Bonchev–Trinajstić information content (AvgIpc) is 2.26. The fourth-order valence-electron chi connectivity index (χ4n) is 1.64. The number of rotatable bonds is 7. The van der Waals surface area contributed by atoms with E-state index < -0.39 is 11.8 Å². The maximum absolute atomic E-state index is 10.9. The summed E-state index contributed by atoms with van der Waals surface area (Å²) in [4.78, 5) is 31.9. The molecule has 0 aliphatic heterocycles. The van der Waals surface area contributed by atoms with Crippen LogP contribution >= 0.6 is 0 Å². The van der Waals surface area contributed by atoms with Crippen LogP contribution in [0.15, 0.2) is 6.07 Å². The lowest BCUT2D eigenvalue weighted by atomic mass is 10.3. The highest BCUT2D eigenvalue weighted by Crippen LogP contribution is 2.07. The zero-order chi connectivity index (χ0) is 14.4. The lowest BCUT2D eigenvalue weighted by Crippen LogP contribution is -2.39. The van der Waals surface area contributed by atoms with Crippen molar-refractivity contribution in [1.29, 1.82) is 0 Å². The van der Waals surface area contributed by atoms with Gasteiger partial charge >= 0.3 is 0 Å². The molecule has 8 heteroatoms. The van der Waals surface area contributed by atoms with Crippen LogP contribution in [0.1, 0.15) is 11.5 Å². The number of anilines is 1. The number of hydrogen-bond donors (Lipinski definition) is 3. The molecular formula is C11H18N6O2. The van der Waals surface area contributed by atoms with Crippen molar-refractivity contribution in [3.05, 3.63) is 17.6 Å². The van der Waals surface area contributed by atoms with Crippen LogP contribution in [-0.4, -0.2) is 46.8 Å². The Morgan fingerprint density at radius 3 is 2.32 bits per heavy atom. The van der Waals surface area contributed by atoms with Crippen molar-refractivity contribution in [2.45, 2.75) is 13.5 Å². The fourth-order valence-corrected chi connectivity index (χ4v) is 1.64. The molecule has 0 saturated carbocycles. The molecule has 0 atom stereocenters. The number of nitrogens with one attached hydrogen (secondary N) is 1. The second kappa shape index (κ2) is 6.64. The minimum absolute atomic E-state index is 0.0743. The summed E-state index contributed by atoms with van der Waals surface area (Å²) in [6.07, 6.45) is 0. The van der Waals surface area contributed by atoms with Crippen LogP contribution in [0.25, 0.3) is 0 Å². The second-order valence-corrected chi connectivity index (χ2v) is 4.14. The number of primary amides is 2. The van der Waals surface area contributed by atoms with Gasteiger partial charge in [-0.25, -0.2) is 9.97 Å². The number of nitrogens with two attached hydrogens (primary N) is 2. The summed E-state index contributed by atoms with van der Waals surface area (Å²) >= 11 is 0. The van der Waals surface area contributed by atoms with Crippen molar-refractivity contribution in [2.24, 2.45) is 11.5 Å². The molecule has 0 bridgehead atoms. The first-order chi connectivity index (χ1) is 8.90. The largest absolute Gasteiger partial charge is 0.373 e. The van der Waals surface area contributed by atoms with Gasteiger partial charge < -0.3 is 16.8 Å². The Morgan fingerprint density at radius 2 is 1.84 bits per heavy atom. The Kier molecular flexibility index (Phi) is 5.19. The van der Waals surface area contributed by atoms with Crippen molar-refractivity contribution in [1.82, 2.24) is 14.9 Å². The summed E-state index contributed by atoms with van der Waals surface area (Å²) in [6.45, 7) is 1.91. The average molecular weight is 266 g/mol. The Balaban J connectivity index is 2.85. The summed E-state index contributed by atoms with van der Waals surface area (Å²) in [6, 6.07) is 1.79. The summed E-state index contributed by atoms with van der Waals surface area (Å²) in [5.41, 5.74) is 11.0. The Bertz CT molecular complexity index is 460. The Morgan fingerprint density at radius 1 is 1.26 bits per heavy atom. The highest BCUT2D eigenvalue weighted by molar-refractivity contribution is 5.79. The molecule has 0 aliphatic carbocycles. The lowest BCUT2D eigenvalue weighted by Gasteiger charge is -2.18. The van der Waals surface area contributed by atoms with Gasteiger partial charge in [-0.05, 0) is 6.92 Å². The van der Waals surface area contributed by atoms with Gasteiger partial charge in [0.1, 0.15) is 11.6 Å². The highest BCUT2D eigenvalue weighted by Gasteiger charge is 2.14. The maximum atomic E-state index is 10.9. The molecule has 0 saturated heterocycles. The van der Waals surface area contributed by atoms with Crippen LogP contribution in [0.2, 0.25) is 0 Å². The van der Waals surface area contributed by atoms with Gasteiger partial charge in [-0.15, -0.1) is 0 Å². The van der Waals surface area contributed by atoms with E-state index in [4.69, 9.17) is 11.5 Å². The second-order valence-electron chi connectivity index (χ2n) is 4.14.